The highest BCUT2D eigenvalue weighted by Crippen LogP contribution is 2.47. The Bertz CT molecular complexity index is 1430. The molecule has 6 nitrogen and oxygen atoms in total. The highest BCUT2D eigenvalue weighted by Gasteiger charge is 2.43. The first-order valence-electron chi connectivity index (χ1n) is 11.9. The highest BCUT2D eigenvalue weighted by molar-refractivity contribution is 5.79. The van der Waals surface area contributed by atoms with E-state index in [0.717, 1.165) is 36.0 Å². The van der Waals surface area contributed by atoms with Gasteiger partial charge in [-0.3, -0.25) is 0 Å². The number of nitrogens with zero attached hydrogens (tertiary/aromatic N) is 2. The first-order valence-corrected chi connectivity index (χ1v) is 11.9. The Morgan fingerprint density at radius 1 is 1.00 bits per heavy atom. The van der Waals surface area contributed by atoms with Gasteiger partial charge >= 0.3 is 6.18 Å². The summed E-state index contributed by atoms with van der Waals surface area (Å²) >= 11 is 0. The van der Waals surface area contributed by atoms with Gasteiger partial charge in [0.15, 0.2) is 17.2 Å². The molecule has 1 saturated carbocycles. The van der Waals surface area contributed by atoms with Crippen LogP contribution in [0.2, 0.25) is 0 Å². The Morgan fingerprint density at radius 2 is 1.75 bits per heavy atom. The summed E-state index contributed by atoms with van der Waals surface area (Å²) in [5, 5.41) is 17.6. The number of aromatic nitrogens is 2. The summed E-state index contributed by atoms with van der Waals surface area (Å²) in [4.78, 5) is 0. The fourth-order valence-electron chi connectivity index (χ4n) is 5.58. The van der Waals surface area contributed by atoms with Crippen LogP contribution in [0.3, 0.4) is 0 Å². The molecular formula is C27H24F3N3O3. The van der Waals surface area contributed by atoms with E-state index in [1.807, 2.05) is 12.1 Å². The fourth-order valence-corrected chi connectivity index (χ4v) is 5.58. The number of halogens is 3. The van der Waals surface area contributed by atoms with E-state index in [4.69, 9.17) is 14.8 Å². The Morgan fingerprint density at radius 3 is 2.47 bits per heavy atom. The van der Waals surface area contributed by atoms with Crippen molar-refractivity contribution in [1.29, 1.82) is 0 Å². The molecule has 0 saturated heterocycles. The number of nitrogens with two attached hydrogens (primary N) is 1. The van der Waals surface area contributed by atoms with Gasteiger partial charge in [0.2, 0.25) is 0 Å². The zero-order valence-electron chi connectivity index (χ0n) is 19.3. The van der Waals surface area contributed by atoms with E-state index in [0.29, 0.717) is 24.1 Å². The molecule has 36 heavy (non-hydrogen) atoms. The molecule has 6 rings (SSSR count). The predicted molar refractivity (Wildman–Crippen MR) is 126 cm³/mol. The Hall–Kier alpha value is -3.43. The number of aryl methyl sites for hydroxylation is 1. The molecule has 0 spiro atoms. The zero-order valence-corrected chi connectivity index (χ0v) is 19.3. The predicted octanol–water partition coefficient (Wildman–Crippen LogP) is 5.74. The zero-order chi connectivity index (χ0) is 25.1. The van der Waals surface area contributed by atoms with Crippen LogP contribution in [0.1, 0.15) is 47.4 Å². The van der Waals surface area contributed by atoms with Crippen molar-refractivity contribution in [3.63, 3.8) is 0 Å². The minimum atomic E-state index is -4.70. The van der Waals surface area contributed by atoms with Crippen molar-refractivity contribution in [3.8, 4) is 34.0 Å². The van der Waals surface area contributed by atoms with Crippen molar-refractivity contribution >= 4 is 0 Å². The number of hydrogen-bond donors (Lipinski definition) is 2. The molecule has 1 fully saturated rings. The third-order valence-electron chi connectivity index (χ3n) is 7.47. The Labute approximate surface area is 204 Å². The summed E-state index contributed by atoms with van der Waals surface area (Å²) < 4.78 is 53.2. The third kappa shape index (κ3) is 3.74. The van der Waals surface area contributed by atoms with Crippen LogP contribution >= 0.6 is 0 Å². The number of aliphatic hydroxyl groups is 1. The summed E-state index contributed by atoms with van der Waals surface area (Å²) in [5.74, 6) is -0.0910. The second kappa shape index (κ2) is 8.31. The fraction of sp³-hybridized carbons (Fsp3) is 0.333. The van der Waals surface area contributed by atoms with E-state index >= 15 is 0 Å². The molecule has 0 bridgehead atoms. The third-order valence-corrected chi connectivity index (χ3v) is 7.47. The molecular weight excluding hydrogens is 471 g/mol. The van der Waals surface area contributed by atoms with Crippen LogP contribution < -0.4 is 5.73 Å². The number of hydrogen-bond acceptors (Lipinski definition) is 6. The van der Waals surface area contributed by atoms with Gasteiger partial charge in [0.1, 0.15) is 11.3 Å². The lowest BCUT2D eigenvalue weighted by molar-refractivity contribution is -0.136. The minimum absolute atomic E-state index is 0.00960. The number of benzene rings is 2. The highest BCUT2D eigenvalue weighted by atomic mass is 19.4. The maximum atomic E-state index is 14.2. The summed E-state index contributed by atoms with van der Waals surface area (Å²) in [7, 11) is 0. The van der Waals surface area contributed by atoms with Gasteiger partial charge in [-0.2, -0.15) is 13.2 Å². The molecule has 4 aromatic rings. The van der Waals surface area contributed by atoms with Crippen molar-refractivity contribution in [2.45, 2.75) is 49.7 Å². The standard InChI is InChI=1S/C27H24F3N3O3/c28-27(29,30)21-23(33-35-24(21)15-4-2-1-3-5-15)25-20-9-7-17-12-16(6-8-19(17)22(20)32-36-25)18-10-11-26(31,13-18)14-34/h1-6,8,12,18,34H,7,9-11,13-14,31H2. The smallest absolute Gasteiger partial charge is 0.394 e. The van der Waals surface area contributed by atoms with E-state index in [1.165, 1.54) is 0 Å². The molecule has 9 heteroatoms. The van der Waals surface area contributed by atoms with Gasteiger partial charge < -0.3 is 19.9 Å². The van der Waals surface area contributed by atoms with Gasteiger partial charge in [-0.05, 0) is 49.1 Å². The molecule has 2 atom stereocenters. The van der Waals surface area contributed by atoms with E-state index < -0.39 is 17.3 Å². The molecule has 186 valence electrons. The van der Waals surface area contributed by atoms with Crippen molar-refractivity contribution in [3.05, 3.63) is 70.8 Å². The first-order chi connectivity index (χ1) is 17.3. The summed E-state index contributed by atoms with van der Waals surface area (Å²) in [6, 6.07) is 14.2. The van der Waals surface area contributed by atoms with Crippen LogP contribution in [0.15, 0.2) is 57.6 Å². The monoisotopic (exact) mass is 495 g/mol. The molecule has 2 aromatic heterocycles. The van der Waals surface area contributed by atoms with Crippen LogP contribution in [-0.2, 0) is 19.0 Å². The van der Waals surface area contributed by atoms with Gasteiger partial charge in [0.05, 0.1) is 6.61 Å². The molecule has 2 aromatic carbocycles. The van der Waals surface area contributed by atoms with Crippen LogP contribution in [0, 0.1) is 0 Å². The number of rotatable bonds is 4. The van der Waals surface area contributed by atoms with Gasteiger partial charge in [-0.25, -0.2) is 0 Å². The summed E-state index contributed by atoms with van der Waals surface area (Å²) in [5.41, 5.74) is 8.84. The second-order valence-corrected chi connectivity index (χ2v) is 9.81. The molecule has 2 heterocycles. The van der Waals surface area contributed by atoms with E-state index in [9.17, 15) is 18.3 Å². The molecule has 0 aliphatic heterocycles. The molecule has 2 aliphatic carbocycles. The van der Waals surface area contributed by atoms with Crippen molar-refractivity contribution in [2.75, 3.05) is 6.61 Å². The van der Waals surface area contributed by atoms with Crippen LogP contribution in [-0.4, -0.2) is 27.6 Å². The topological polar surface area (TPSA) is 98.3 Å². The van der Waals surface area contributed by atoms with Gasteiger partial charge in [-0.15, -0.1) is 0 Å². The second-order valence-electron chi connectivity index (χ2n) is 9.81. The van der Waals surface area contributed by atoms with Crippen LogP contribution in [0.25, 0.3) is 34.0 Å². The van der Waals surface area contributed by atoms with Crippen LogP contribution in [0.5, 0.6) is 0 Å². The van der Waals surface area contributed by atoms with Crippen molar-refractivity contribution in [2.24, 2.45) is 5.73 Å². The molecule has 0 radical (unpaired) electrons. The Balaban J connectivity index is 1.38. The molecule has 2 aliphatic rings. The van der Waals surface area contributed by atoms with Gasteiger partial charge in [0.25, 0.3) is 0 Å². The van der Waals surface area contributed by atoms with Crippen LogP contribution in [0.4, 0.5) is 13.2 Å². The SMILES string of the molecule is NC1(CO)CCC(c2ccc3c(c2)CCc2c-3noc2-c2noc(-c3ccccc3)c2C(F)(F)F)C1. The summed E-state index contributed by atoms with van der Waals surface area (Å²) in [6.45, 7) is -0.0343. The average Bonchev–Trinajstić information content (AvgIpc) is 3.60. The van der Waals surface area contributed by atoms with E-state index in [-0.39, 0.29) is 35.3 Å². The molecule has 0 amide bonds. The van der Waals surface area contributed by atoms with Gasteiger partial charge in [-0.1, -0.05) is 58.8 Å². The minimum Gasteiger partial charge on any atom is -0.394 e. The Kier molecular flexibility index (Phi) is 5.31. The van der Waals surface area contributed by atoms with E-state index in [1.54, 1.807) is 30.3 Å². The van der Waals surface area contributed by atoms with Gasteiger partial charge in [0, 0.05) is 22.2 Å². The quantitative estimate of drug-likeness (QED) is 0.375. The lowest BCUT2D eigenvalue weighted by Crippen LogP contribution is -2.40. The average molecular weight is 496 g/mol. The maximum Gasteiger partial charge on any atom is 0.422 e. The number of fused-ring (bicyclic) bond motifs is 3. The maximum absolute atomic E-state index is 14.2. The summed E-state index contributed by atoms with van der Waals surface area (Å²) in [6.07, 6.45) is -1.20. The molecule has 3 N–H and O–H groups in total. The van der Waals surface area contributed by atoms with E-state index in [2.05, 4.69) is 16.4 Å². The molecule has 2 unspecified atom stereocenters. The lowest BCUT2D eigenvalue weighted by atomic mass is 9.84. The normalized spacial score (nSPS) is 21.4. The first kappa shape index (κ1) is 23.0. The number of aliphatic hydroxyl groups excluding tert-OH is 1. The van der Waals surface area contributed by atoms with Crippen molar-refractivity contribution < 1.29 is 27.3 Å². The van der Waals surface area contributed by atoms with Crippen molar-refractivity contribution in [1.82, 2.24) is 10.3 Å². The largest absolute Gasteiger partial charge is 0.422 e. The lowest BCUT2D eigenvalue weighted by Gasteiger charge is -2.22. The number of alkyl halides is 3.